The molecular weight excluding hydrogens is 462 g/mol. The molecule has 0 unspecified atom stereocenters. The van der Waals surface area contributed by atoms with Crippen molar-refractivity contribution in [1.82, 2.24) is 9.36 Å². The van der Waals surface area contributed by atoms with Crippen molar-refractivity contribution < 1.29 is 14.5 Å². The van der Waals surface area contributed by atoms with Crippen molar-refractivity contribution in [3.05, 3.63) is 116 Å². The van der Waals surface area contributed by atoms with Gasteiger partial charge in [0, 0.05) is 35.5 Å². The standard InChI is InChI=1S/C26H23N5O5/c1-16-21(13-8-14-22(16)31(35)36)25(33)27-19-10-7-9-18(15-19)24(32)28-23-17(2)29(3)30(26(23)34)20-11-5-4-6-12-20/h4-15H,1-3H3,(H,27,33)(H,28,32). The lowest BCUT2D eigenvalue weighted by atomic mass is 10.1. The molecule has 2 N–H and O–H groups in total. The third-order valence-corrected chi connectivity index (χ3v) is 5.92. The second-order valence-electron chi connectivity index (χ2n) is 8.13. The van der Waals surface area contributed by atoms with Crippen molar-refractivity contribution >= 4 is 28.9 Å². The molecule has 0 fully saturated rings. The first-order valence-corrected chi connectivity index (χ1v) is 11.0. The summed E-state index contributed by atoms with van der Waals surface area (Å²) in [4.78, 5) is 49.5. The number of anilines is 2. The SMILES string of the molecule is Cc1c(C(=O)Nc2cccc(C(=O)Nc3c(C)n(C)n(-c4ccccc4)c3=O)c2)cccc1[N+](=O)[O-]. The van der Waals surface area contributed by atoms with E-state index in [1.807, 2.05) is 18.2 Å². The Bertz CT molecular complexity index is 1550. The van der Waals surface area contributed by atoms with Gasteiger partial charge in [-0.25, -0.2) is 4.68 Å². The molecule has 10 nitrogen and oxygen atoms in total. The maximum Gasteiger partial charge on any atom is 0.295 e. The van der Waals surface area contributed by atoms with Crippen molar-refractivity contribution in [2.45, 2.75) is 13.8 Å². The topological polar surface area (TPSA) is 128 Å². The van der Waals surface area contributed by atoms with Gasteiger partial charge in [-0.2, -0.15) is 0 Å². The van der Waals surface area contributed by atoms with E-state index in [2.05, 4.69) is 10.6 Å². The van der Waals surface area contributed by atoms with Gasteiger partial charge in [-0.3, -0.25) is 29.2 Å². The van der Waals surface area contributed by atoms with Crippen LogP contribution in [0.2, 0.25) is 0 Å². The van der Waals surface area contributed by atoms with Crippen LogP contribution in [0, 0.1) is 24.0 Å². The number of benzene rings is 3. The molecule has 1 aromatic heterocycles. The fourth-order valence-electron chi connectivity index (χ4n) is 3.90. The largest absolute Gasteiger partial charge is 0.322 e. The molecule has 0 aliphatic carbocycles. The monoisotopic (exact) mass is 485 g/mol. The zero-order chi connectivity index (χ0) is 26.0. The maximum absolute atomic E-state index is 13.1. The highest BCUT2D eigenvalue weighted by atomic mass is 16.6. The lowest BCUT2D eigenvalue weighted by molar-refractivity contribution is -0.385. The highest BCUT2D eigenvalue weighted by Gasteiger charge is 2.20. The fraction of sp³-hybridized carbons (Fsp3) is 0.115. The third-order valence-electron chi connectivity index (χ3n) is 5.92. The number of nitrogens with zero attached hydrogens (tertiary/aromatic N) is 3. The van der Waals surface area contributed by atoms with Gasteiger partial charge in [-0.1, -0.05) is 30.3 Å². The van der Waals surface area contributed by atoms with E-state index in [0.29, 0.717) is 17.1 Å². The summed E-state index contributed by atoms with van der Waals surface area (Å²) in [6.07, 6.45) is 0. The number of para-hydroxylation sites is 1. The first-order valence-electron chi connectivity index (χ1n) is 11.0. The average molecular weight is 486 g/mol. The zero-order valence-electron chi connectivity index (χ0n) is 19.8. The van der Waals surface area contributed by atoms with E-state index in [9.17, 15) is 24.5 Å². The highest BCUT2D eigenvalue weighted by Crippen LogP contribution is 2.23. The van der Waals surface area contributed by atoms with Crippen LogP contribution in [0.1, 0.15) is 32.0 Å². The van der Waals surface area contributed by atoms with Crippen LogP contribution in [0.4, 0.5) is 17.1 Å². The molecular formula is C26H23N5O5. The summed E-state index contributed by atoms with van der Waals surface area (Å²) in [6, 6.07) is 19.5. The number of carbonyl (C=O) groups excluding carboxylic acids is 2. The predicted octanol–water partition coefficient (Wildman–Crippen LogP) is 4.21. The summed E-state index contributed by atoms with van der Waals surface area (Å²) < 4.78 is 3.12. The van der Waals surface area contributed by atoms with Gasteiger partial charge in [-0.05, 0) is 50.2 Å². The lowest BCUT2D eigenvalue weighted by Crippen LogP contribution is -2.23. The maximum atomic E-state index is 13.1. The number of nitro benzene ring substituents is 1. The van der Waals surface area contributed by atoms with Crippen LogP contribution in [0.15, 0.2) is 77.6 Å². The molecule has 0 saturated carbocycles. The Kier molecular flexibility index (Phi) is 6.51. The van der Waals surface area contributed by atoms with Gasteiger partial charge in [0.05, 0.1) is 16.3 Å². The first-order chi connectivity index (χ1) is 17.2. The van der Waals surface area contributed by atoms with E-state index in [0.717, 1.165) is 0 Å². The average Bonchev–Trinajstić information content (AvgIpc) is 3.07. The Labute approximate surface area is 205 Å². The van der Waals surface area contributed by atoms with Gasteiger partial charge in [0.1, 0.15) is 5.69 Å². The molecule has 182 valence electrons. The van der Waals surface area contributed by atoms with Crippen LogP contribution < -0.4 is 16.2 Å². The number of amides is 2. The quantitative estimate of drug-likeness (QED) is 0.312. The molecule has 3 aromatic carbocycles. The number of nitro groups is 1. The molecule has 0 radical (unpaired) electrons. The first kappa shape index (κ1) is 24.1. The Morgan fingerprint density at radius 1 is 0.889 bits per heavy atom. The molecule has 0 spiro atoms. The van der Waals surface area contributed by atoms with Crippen molar-refractivity contribution in [1.29, 1.82) is 0 Å². The second-order valence-corrected chi connectivity index (χ2v) is 8.13. The molecule has 36 heavy (non-hydrogen) atoms. The van der Waals surface area contributed by atoms with E-state index >= 15 is 0 Å². The number of carbonyl (C=O) groups is 2. The van der Waals surface area contributed by atoms with Gasteiger partial charge >= 0.3 is 0 Å². The van der Waals surface area contributed by atoms with E-state index in [1.54, 1.807) is 49.0 Å². The molecule has 4 rings (SSSR count). The van der Waals surface area contributed by atoms with Crippen LogP contribution in [0.3, 0.4) is 0 Å². The molecule has 0 saturated heterocycles. The van der Waals surface area contributed by atoms with Gasteiger partial charge in [0.2, 0.25) is 0 Å². The summed E-state index contributed by atoms with van der Waals surface area (Å²) in [5.41, 5.74) is 1.78. The minimum absolute atomic E-state index is 0.146. The van der Waals surface area contributed by atoms with Crippen molar-refractivity contribution in [2.24, 2.45) is 7.05 Å². The zero-order valence-corrected chi connectivity index (χ0v) is 19.8. The number of hydrogen-bond acceptors (Lipinski definition) is 5. The van der Waals surface area contributed by atoms with Crippen molar-refractivity contribution in [3.63, 3.8) is 0 Å². The van der Waals surface area contributed by atoms with Crippen LogP contribution in [0.25, 0.3) is 5.69 Å². The molecule has 4 aromatic rings. The van der Waals surface area contributed by atoms with Gasteiger partial charge in [0.15, 0.2) is 0 Å². The van der Waals surface area contributed by atoms with E-state index in [-0.39, 0.29) is 33.6 Å². The second kappa shape index (κ2) is 9.71. The minimum Gasteiger partial charge on any atom is -0.322 e. The minimum atomic E-state index is -0.547. The van der Waals surface area contributed by atoms with Crippen LogP contribution >= 0.6 is 0 Å². The summed E-state index contributed by atoms with van der Waals surface area (Å²) in [5.74, 6) is -1.07. The summed E-state index contributed by atoms with van der Waals surface area (Å²) in [7, 11) is 1.73. The summed E-state index contributed by atoms with van der Waals surface area (Å²) in [5, 5.41) is 16.5. The van der Waals surface area contributed by atoms with E-state index in [1.165, 1.54) is 35.9 Å². The van der Waals surface area contributed by atoms with Gasteiger partial charge in [0.25, 0.3) is 23.1 Å². The molecule has 10 heteroatoms. The molecule has 0 aliphatic rings. The normalized spacial score (nSPS) is 10.6. The van der Waals surface area contributed by atoms with E-state index in [4.69, 9.17) is 0 Å². The Morgan fingerprint density at radius 3 is 2.28 bits per heavy atom. The molecule has 0 aliphatic heterocycles. The Hall–Kier alpha value is -4.99. The highest BCUT2D eigenvalue weighted by molar-refractivity contribution is 6.08. The number of nitrogens with one attached hydrogen (secondary N) is 2. The van der Waals surface area contributed by atoms with Crippen molar-refractivity contribution in [2.75, 3.05) is 10.6 Å². The predicted molar refractivity (Wildman–Crippen MR) is 136 cm³/mol. The number of rotatable bonds is 6. The van der Waals surface area contributed by atoms with E-state index < -0.39 is 16.7 Å². The van der Waals surface area contributed by atoms with Crippen LogP contribution in [-0.2, 0) is 7.05 Å². The molecule has 1 heterocycles. The van der Waals surface area contributed by atoms with Gasteiger partial charge in [-0.15, -0.1) is 0 Å². The Morgan fingerprint density at radius 2 is 1.58 bits per heavy atom. The number of aromatic nitrogens is 2. The van der Waals surface area contributed by atoms with Crippen molar-refractivity contribution in [3.8, 4) is 5.69 Å². The Balaban J connectivity index is 1.57. The van der Waals surface area contributed by atoms with Crippen LogP contribution in [-0.4, -0.2) is 26.1 Å². The third kappa shape index (κ3) is 4.51. The fourth-order valence-corrected chi connectivity index (χ4v) is 3.90. The van der Waals surface area contributed by atoms with Crippen LogP contribution in [0.5, 0.6) is 0 Å². The van der Waals surface area contributed by atoms with Gasteiger partial charge < -0.3 is 10.6 Å². The smallest absolute Gasteiger partial charge is 0.295 e. The number of hydrogen-bond donors (Lipinski definition) is 2. The molecule has 0 bridgehead atoms. The molecule has 2 amide bonds. The lowest BCUT2D eigenvalue weighted by Gasteiger charge is -2.10. The summed E-state index contributed by atoms with van der Waals surface area (Å²) >= 11 is 0. The molecule has 0 atom stereocenters. The summed E-state index contributed by atoms with van der Waals surface area (Å²) in [6.45, 7) is 3.23.